The largest absolute Gasteiger partial charge is 0.338 e. The van der Waals surface area contributed by atoms with E-state index in [0.29, 0.717) is 19.0 Å². The highest BCUT2D eigenvalue weighted by Gasteiger charge is 2.23. The summed E-state index contributed by atoms with van der Waals surface area (Å²) >= 11 is 0. The van der Waals surface area contributed by atoms with Gasteiger partial charge < -0.3 is 10.6 Å². The molecule has 1 atom stereocenters. The van der Waals surface area contributed by atoms with Crippen molar-refractivity contribution in [1.29, 1.82) is 0 Å². The number of imide groups is 1. The van der Waals surface area contributed by atoms with Gasteiger partial charge in [-0.3, -0.25) is 15.0 Å². The van der Waals surface area contributed by atoms with E-state index in [9.17, 15) is 9.59 Å². The summed E-state index contributed by atoms with van der Waals surface area (Å²) in [5.41, 5.74) is 0. The molecular formula is C13H26N4O2. The van der Waals surface area contributed by atoms with Crippen LogP contribution in [0.5, 0.6) is 0 Å². The molecule has 0 aliphatic carbocycles. The highest BCUT2D eigenvalue weighted by Crippen LogP contribution is 2.14. The van der Waals surface area contributed by atoms with Crippen LogP contribution in [0, 0.1) is 5.92 Å². The number of hydrogen-bond donors (Lipinski definition) is 3. The number of nitrogens with one attached hydrogen (secondary N) is 3. The number of amides is 3. The lowest BCUT2D eigenvalue weighted by atomic mass is 10.1. The first-order valence-electron chi connectivity index (χ1n) is 7.10. The Morgan fingerprint density at radius 2 is 2.16 bits per heavy atom. The molecule has 1 unspecified atom stereocenters. The quantitative estimate of drug-likeness (QED) is 0.576. The summed E-state index contributed by atoms with van der Waals surface area (Å²) < 4.78 is 0. The number of nitrogens with zero attached hydrogens (tertiary/aromatic N) is 1. The van der Waals surface area contributed by atoms with Crippen molar-refractivity contribution in [3.8, 4) is 0 Å². The minimum absolute atomic E-state index is 0.223. The Kier molecular flexibility index (Phi) is 7.43. The Morgan fingerprint density at radius 1 is 1.37 bits per heavy atom. The Labute approximate surface area is 115 Å². The predicted molar refractivity (Wildman–Crippen MR) is 74.9 cm³/mol. The van der Waals surface area contributed by atoms with Gasteiger partial charge in [0.25, 0.3) is 0 Å². The topological polar surface area (TPSA) is 73.5 Å². The number of unbranched alkanes of at least 4 members (excludes halogenated alkanes) is 1. The fourth-order valence-electron chi connectivity index (χ4n) is 2.30. The average Bonchev–Trinajstić information content (AvgIpc) is 2.77. The first-order valence-corrected chi connectivity index (χ1v) is 7.10. The first kappa shape index (κ1) is 15.9. The van der Waals surface area contributed by atoms with Crippen molar-refractivity contribution in [2.24, 2.45) is 5.92 Å². The van der Waals surface area contributed by atoms with Crippen LogP contribution in [0.3, 0.4) is 0 Å². The van der Waals surface area contributed by atoms with Crippen molar-refractivity contribution < 1.29 is 9.59 Å². The average molecular weight is 270 g/mol. The second-order valence-electron chi connectivity index (χ2n) is 5.11. The van der Waals surface area contributed by atoms with E-state index >= 15 is 0 Å². The highest BCUT2D eigenvalue weighted by atomic mass is 16.2. The third-order valence-electron chi connectivity index (χ3n) is 3.30. The summed E-state index contributed by atoms with van der Waals surface area (Å²) in [5, 5.41) is 8.19. The second-order valence-corrected chi connectivity index (χ2v) is 5.11. The second kappa shape index (κ2) is 8.87. The van der Waals surface area contributed by atoms with Crippen molar-refractivity contribution in [3.63, 3.8) is 0 Å². The van der Waals surface area contributed by atoms with Gasteiger partial charge in [-0.05, 0) is 38.9 Å². The number of rotatable bonds is 7. The maximum absolute atomic E-state index is 11.7. The molecule has 0 radical (unpaired) electrons. The van der Waals surface area contributed by atoms with Crippen molar-refractivity contribution in [1.82, 2.24) is 20.9 Å². The zero-order valence-electron chi connectivity index (χ0n) is 12.0. The molecule has 0 aromatic carbocycles. The molecule has 1 heterocycles. The van der Waals surface area contributed by atoms with E-state index < -0.39 is 0 Å². The molecule has 3 N–H and O–H groups in total. The van der Waals surface area contributed by atoms with Gasteiger partial charge in [0, 0.05) is 13.1 Å². The van der Waals surface area contributed by atoms with Crippen molar-refractivity contribution >= 4 is 11.9 Å². The lowest BCUT2D eigenvalue weighted by Crippen LogP contribution is -2.44. The molecule has 0 aromatic heterocycles. The van der Waals surface area contributed by atoms with E-state index in [2.05, 4.69) is 27.8 Å². The first-order chi connectivity index (χ1) is 9.15. The molecule has 1 saturated heterocycles. The molecule has 1 rings (SSSR count). The Morgan fingerprint density at radius 3 is 2.84 bits per heavy atom. The number of carbonyl (C=O) groups is 2. The van der Waals surface area contributed by atoms with Crippen LogP contribution in [0.25, 0.3) is 0 Å². The molecule has 0 saturated carbocycles. The van der Waals surface area contributed by atoms with E-state index in [4.69, 9.17) is 0 Å². The fraction of sp³-hybridized carbons (Fsp3) is 0.846. The van der Waals surface area contributed by atoms with Crippen molar-refractivity contribution in [2.75, 3.05) is 39.8 Å². The van der Waals surface area contributed by atoms with Crippen LogP contribution >= 0.6 is 0 Å². The standard InChI is InChI=1S/C13H26N4O2/c1-3-4-6-15-13(19)16-12(18)10-17-7-5-11(9-17)8-14-2/h11,14H,3-10H2,1-2H3,(H2,15,16,18,19). The molecule has 1 aliphatic rings. The minimum Gasteiger partial charge on any atom is -0.338 e. The zero-order chi connectivity index (χ0) is 14.1. The van der Waals surface area contributed by atoms with Gasteiger partial charge in [-0.25, -0.2) is 4.79 Å². The molecule has 1 aliphatic heterocycles. The fourth-order valence-corrected chi connectivity index (χ4v) is 2.30. The summed E-state index contributed by atoms with van der Waals surface area (Å²) in [4.78, 5) is 25.2. The lowest BCUT2D eigenvalue weighted by Gasteiger charge is -2.15. The van der Waals surface area contributed by atoms with Crippen molar-refractivity contribution in [2.45, 2.75) is 26.2 Å². The monoisotopic (exact) mass is 270 g/mol. The normalized spacial score (nSPS) is 19.4. The summed E-state index contributed by atoms with van der Waals surface area (Å²) in [6.45, 7) is 5.81. The highest BCUT2D eigenvalue weighted by molar-refractivity contribution is 5.95. The summed E-state index contributed by atoms with van der Waals surface area (Å²) in [7, 11) is 1.94. The molecule has 0 aromatic rings. The van der Waals surface area contributed by atoms with Crippen LogP contribution in [0.4, 0.5) is 4.79 Å². The number of urea groups is 1. The Balaban J connectivity index is 2.15. The number of hydrogen-bond acceptors (Lipinski definition) is 4. The molecule has 3 amide bonds. The van der Waals surface area contributed by atoms with E-state index in [1.807, 2.05) is 7.05 Å². The van der Waals surface area contributed by atoms with Crippen LogP contribution in [0.15, 0.2) is 0 Å². The Bertz CT molecular complexity index is 296. The number of likely N-dealkylation sites (tertiary alicyclic amines) is 1. The van der Waals surface area contributed by atoms with Crippen LogP contribution in [-0.4, -0.2) is 56.6 Å². The lowest BCUT2D eigenvalue weighted by molar-refractivity contribution is -0.120. The van der Waals surface area contributed by atoms with Crippen LogP contribution in [-0.2, 0) is 4.79 Å². The third kappa shape index (κ3) is 6.54. The van der Waals surface area contributed by atoms with Crippen LogP contribution < -0.4 is 16.0 Å². The molecule has 0 bridgehead atoms. The molecule has 1 fully saturated rings. The molecule has 0 spiro atoms. The van der Waals surface area contributed by atoms with E-state index in [1.165, 1.54) is 0 Å². The molecule has 19 heavy (non-hydrogen) atoms. The van der Waals surface area contributed by atoms with Gasteiger partial charge >= 0.3 is 6.03 Å². The van der Waals surface area contributed by atoms with Gasteiger partial charge in [0.05, 0.1) is 6.54 Å². The van der Waals surface area contributed by atoms with E-state index in [0.717, 1.165) is 38.9 Å². The van der Waals surface area contributed by atoms with Gasteiger partial charge in [-0.1, -0.05) is 13.3 Å². The summed E-state index contributed by atoms with van der Waals surface area (Å²) in [6, 6.07) is -0.385. The van der Waals surface area contributed by atoms with Crippen LogP contribution in [0.2, 0.25) is 0 Å². The minimum atomic E-state index is -0.385. The summed E-state index contributed by atoms with van der Waals surface area (Å²) in [6.07, 6.45) is 3.06. The Hall–Kier alpha value is -1.14. The summed E-state index contributed by atoms with van der Waals surface area (Å²) in [5.74, 6) is 0.385. The van der Waals surface area contributed by atoms with Crippen LogP contribution in [0.1, 0.15) is 26.2 Å². The van der Waals surface area contributed by atoms with Gasteiger partial charge in [0.15, 0.2) is 0 Å². The SMILES string of the molecule is CCCCNC(=O)NC(=O)CN1CCC(CNC)C1. The predicted octanol–water partition coefficient (Wildman–Crippen LogP) is 0.154. The van der Waals surface area contributed by atoms with Gasteiger partial charge in [-0.15, -0.1) is 0 Å². The third-order valence-corrected chi connectivity index (χ3v) is 3.30. The molecular weight excluding hydrogens is 244 g/mol. The maximum Gasteiger partial charge on any atom is 0.321 e. The van der Waals surface area contributed by atoms with E-state index in [1.54, 1.807) is 0 Å². The molecule has 6 nitrogen and oxygen atoms in total. The van der Waals surface area contributed by atoms with Crippen molar-refractivity contribution in [3.05, 3.63) is 0 Å². The smallest absolute Gasteiger partial charge is 0.321 e. The molecule has 6 heteroatoms. The molecule has 110 valence electrons. The van der Waals surface area contributed by atoms with Gasteiger partial charge in [0.2, 0.25) is 5.91 Å². The van der Waals surface area contributed by atoms with E-state index in [-0.39, 0.29) is 11.9 Å². The maximum atomic E-state index is 11.7. The van der Waals surface area contributed by atoms with Gasteiger partial charge in [-0.2, -0.15) is 0 Å². The van der Waals surface area contributed by atoms with Gasteiger partial charge in [0.1, 0.15) is 0 Å². The number of carbonyl (C=O) groups excluding carboxylic acids is 2. The zero-order valence-corrected chi connectivity index (χ0v) is 12.0.